The van der Waals surface area contributed by atoms with E-state index in [4.69, 9.17) is 4.74 Å². The van der Waals surface area contributed by atoms with E-state index < -0.39 is 5.97 Å². The predicted molar refractivity (Wildman–Crippen MR) is 125 cm³/mol. The van der Waals surface area contributed by atoms with Gasteiger partial charge in [-0.05, 0) is 49.9 Å². The van der Waals surface area contributed by atoms with Crippen molar-refractivity contribution in [3.63, 3.8) is 0 Å². The third-order valence-corrected chi connectivity index (χ3v) is 6.54. The maximum atomic E-state index is 12.4. The number of carbonyl (C=O) groups is 3. The average molecular weight is 470 g/mol. The summed E-state index contributed by atoms with van der Waals surface area (Å²) in [5, 5.41) is 15.0. The van der Waals surface area contributed by atoms with Gasteiger partial charge >= 0.3 is 5.97 Å². The molecule has 2 aromatic rings. The number of rotatable bonds is 8. The van der Waals surface area contributed by atoms with Gasteiger partial charge in [0.05, 0.1) is 30.0 Å². The van der Waals surface area contributed by atoms with Gasteiger partial charge in [0, 0.05) is 19.1 Å². The molecule has 9 nitrogen and oxygen atoms in total. The molecule has 2 N–H and O–H groups in total. The first-order chi connectivity index (χ1) is 16.0. The molecule has 2 heterocycles. The summed E-state index contributed by atoms with van der Waals surface area (Å²) in [5.74, 6) is 0.206. The third-order valence-electron chi connectivity index (χ3n) is 5.62. The van der Waals surface area contributed by atoms with E-state index in [9.17, 15) is 14.4 Å². The molecule has 2 aliphatic rings. The van der Waals surface area contributed by atoms with E-state index in [0.29, 0.717) is 28.9 Å². The van der Waals surface area contributed by atoms with E-state index in [1.807, 2.05) is 12.1 Å². The molecule has 1 saturated heterocycles. The highest BCUT2D eigenvalue weighted by Gasteiger charge is 2.31. The Hall–Kier alpha value is -3.14. The maximum Gasteiger partial charge on any atom is 0.339 e. The Balaban J connectivity index is 1.28. The van der Waals surface area contributed by atoms with Crippen molar-refractivity contribution in [3.8, 4) is 0 Å². The highest BCUT2D eigenvalue weighted by molar-refractivity contribution is 7.99. The van der Waals surface area contributed by atoms with Crippen LogP contribution < -0.4 is 15.5 Å². The number of benzene rings is 1. The van der Waals surface area contributed by atoms with Crippen LogP contribution in [0.3, 0.4) is 0 Å². The molecule has 0 bridgehead atoms. The zero-order valence-electron chi connectivity index (χ0n) is 18.5. The molecule has 174 valence electrons. The molecule has 1 unspecified atom stereocenters. The minimum atomic E-state index is -0.509. The van der Waals surface area contributed by atoms with Gasteiger partial charge in [-0.3, -0.25) is 9.59 Å². The Morgan fingerprint density at radius 2 is 1.94 bits per heavy atom. The van der Waals surface area contributed by atoms with E-state index in [0.717, 1.165) is 38.0 Å². The van der Waals surface area contributed by atoms with Crippen LogP contribution in [0.25, 0.3) is 0 Å². The lowest BCUT2D eigenvalue weighted by molar-refractivity contribution is -0.125. The lowest BCUT2D eigenvalue weighted by Crippen LogP contribution is -2.44. The fraction of sp³-hybridized carbons (Fsp3) is 0.435. The Bertz CT molecular complexity index is 1010. The van der Waals surface area contributed by atoms with Crippen LogP contribution in [0.15, 0.2) is 41.4 Å². The van der Waals surface area contributed by atoms with Crippen LogP contribution in [-0.4, -0.2) is 60.0 Å². The van der Waals surface area contributed by atoms with Crippen molar-refractivity contribution >= 4 is 41.1 Å². The number of anilines is 2. The van der Waals surface area contributed by atoms with E-state index in [2.05, 4.69) is 25.7 Å². The van der Waals surface area contributed by atoms with Crippen LogP contribution in [0.2, 0.25) is 0 Å². The maximum absolute atomic E-state index is 12.4. The number of carbonyl (C=O) groups excluding carboxylic acids is 3. The normalized spacial score (nSPS) is 17.8. The highest BCUT2D eigenvalue weighted by Crippen LogP contribution is 2.25. The highest BCUT2D eigenvalue weighted by atomic mass is 32.2. The molecule has 2 amide bonds. The lowest BCUT2D eigenvalue weighted by atomic mass is 9.97. The zero-order valence-corrected chi connectivity index (χ0v) is 19.3. The Morgan fingerprint density at radius 3 is 2.67 bits per heavy atom. The fourth-order valence-corrected chi connectivity index (χ4v) is 4.32. The topological polar surface area (TPSA) is 114 Å². The standard InChI is InChI=1S/C23H27N5O4S/c1-32-23(31)17-6-2-3-7-18(17)25-20(29)14-33-21-11-10-19(26-27-21)28-12-4-5-15(13-28)22(30)24-16-8-9-16/h2-3,6-7,10-11,15-16H,4-5,8-9,12-14H2,1H3,(H,24,30)(H,25,29). The molecule has 4 rings (SSSR count). The first-order valence-electron chi connectivity index (χ1n) is 11.0. The molecule has 1 aromatic heterocycles. The predicted octanol–water partition coefficient (Wildman–Crippen LogP) is 2.49. The van der Waals surface area contributed by atoms with E-state index in [-0.39, 0.29) is 23.5 Å². The summed E-state index contributed by atoms with van der Waals surface area (Å²) >= 11 is 1.26. The number of hydrogen-bond donors (Lipinski definition) is 2. The summed E-state index contributed by atoms with van der Waals surface area (Å²) < 4.78 is 4.75. The fourth-order valence-electron chi connectivity index (χ4n) is 3.71. The summed E-state index contributed by atoms with van der Waals surface area (Å²) in [6.45, 7) is 1.48. The SMILES string of the molecule is COC(=O)c1ccccc1NC(=O)CSc1ccc(N2CCCC(C(=O)NC3CC3)C2)nn1. The number of hydrogen-bond acceptors (Lipinski definition) is 8. The number of nitrogens with zero attached hydrogens (tertiary/aromatic N) is 3. The van der Waals surface area contributed by atoms with Crippen LogP contribution in [0.5, 0.6) is 0 Å². The summed E-state index contributed by atoms with van der Waals surface area (Å²) in [4.78, 5) is 38.7. The molecule has 33 heavy (non-hydrogen) atoms. The number of aromatic nitrogens is 2. The van der Waals surface area contributed by atoms with Gasteiger partial charge in [-0.15, -0.1) is 10.2 Å². The summed E-state index contributed by atoms with van der Waals surface area (Å²) in [5.41, 5.74) is 0.704. The van der Waals surface area contributed by atoms with Gasteiger partial charge in [0.25, 0.3) is 0 Å². The number of nitrogens with one attached hydrogen (secondary N) is 2. The Morgan fingerprint density at radius 1 is 1.12 bits per heavy atom. The van der Waals surface area contributed by atoms with Crippen molar-refractivity contribution in [1.82, 2.24) is 15.5 Å². The smallest absolute Gasteiger partial charge is 0.339 e. The average Bonchev–Trinajstić information content (AvgIpc) is 3.67. The van der Waals surface area contributed by atoms with Crippen LogP contribution in [0.1, 0.15) is 36.0 Å². The molecule has 0 spiro atoms. The second-order valence-electron chi connectivity index (χ2n) is 8.17. The molecule has 2 fully saturated rings. The molecule has 1 saturated carbocycles. The van der Waals surface area contributed by atoms with E-state index in [1.54, 1.807) is 24.3 Å². The first-order valence-corrected chi connectivity index (χ1v) is 12.0. The van der Waals surface area contributed by atoms with Crippen LogP contribution in [-0.2, 0) is 14.3 Å². The summed E-state index contributed by atoms with van der Waals surface area (Å²) in [6.07, 6.45) is 4.00. The zero-order chi connectivity index (χ0) is 23.2. The van der Waals surface area contributed by atoms with Crippen LogP contribution in [0.4, 0.5) is 11.5 Å². The number of amides is 2. The molecular formula is C23H27N5O4S. The van der Waals surface area contributed by atoms with Gasteiger partial charge in [-0.1, -0.05) is 23.9 Å². The van der Waals surface area contributed by atoms with Crippen molar-refractivity contribution < 1.29 is 19.1 Å². The minimum Gasteiger partial charge on any atom is -0.465 e. The molecule has 1 atom stereocenters. The second-order valence-corrected chi connectivity index (χ2v) is 9.17. The number of esters is 1. The van der Waals surface area contributed by atoms with Gasteiger partial charge < -0.3 is 20.3 Å². The minimum absolute atomic E-state index is 0.0215. The van der Waals surface area contributed by atoms with Crippen molar-refractivity contribution in [3.05, 3.63) is 42.0 Å². The van der Waals surface area contributed by atoms with Crippen molar-refractivity contribution in [1.29, 1.82) is 0 Å². The van der Waals surface area contributed by atoms with Gasteiger partial charge in [0.2, 0.25) is 11.8 Å². The van der Waals surface area contributed by atoms with Gasteiger partial charge in [-0.25, -0.2) is 4.79 Å². The lowest BCUT2D eigenvalue weighted by Gasteiger charge is -2.32. The quantitative estimate of drug-likeness (QED) is 0.448. The summed E-state index contributed by atoms with van der Waals surface area (Å²) in [7, 11) is 1.30. The first kappa shape index (κ1) is 23.0. The van der Waals surface area contributed by atoms with Crippen LogP contribution in [0, 0.1) is 5.92 Å². The molecule has 1 aliphatic carbocycles. The molecular weight excluding hydrogens is 442 g/mol. The number of piperidine rings is 1. The third kappa shape index (κ3) is 6.22. The number of ether oxygens (including phenoxy) is 1. The summed E-state index contributed by atoms with van der Waals surface area (Å²) in [6, 6.07) is 10.8. The van der Waals surface area contributed by atoms with Crippen molar-refractivity contribution in [2.45, 2.75) is 36.8 Å². The van der Waals surface area contributed by atoms with Gasteiger partial charge in [0.1, 0.15) is 5.03 Å². The van der Waals surface area contributed by atoms with Gasteiger partial charge in [0.15, 0.2) is 5.82 Å². The Kier molecular flexibility index (Phi) is 7.43. The number of methoxy groups -OCH3 is 1. The molecule has 1 aromatic carbocycles. The van der Waals surface area contributed by atoms with E-state index in [1.165, 1.54) is 18.9 Å². The molecule has 10 heteroatoms. The molecule has 0 radical (unpaired) electrons. The second kappa shape index (κ2) is 10.7. The largest absolute Gasteiger partial charge is 0.465 e. The van der Waals surface area contributed by atoms with Gasteiger partial charge in [-0.2, -0.15) is 0 Å². The van der Waals surface area contributed by atoms with Crippen molar-refractivity contribution in [2.75, 3.05) is 36.2 Å². The van der Waals surface area contributed by atoms with Crippen molar-refractivity contribution in [2.24, 2.45) is 5.92 Å². The van der Waals surface area contributed by atoms with E-state index >= 15 is 0 Å². The number of para-hydroxylation sites is 1. The Labute approximate surface area is 196 Å². The number of thioether (sulfide) groups is 1. The molecule has 1 aliphatic heterocycles. The van der Waals surface area contributed by atoms with Crippen LogP contribution >= 0.6 is 11.8 Å². The monoisotopic (exact) mass is 469 g/mol.